The molecule has 7 heteroatoms. The Bertz CT molecular complexity index is 1030. The Morgan fingerprint density at radius 3 is 2.57 bits per heavy atom. The number of carbonyl (C=O) groups excluding carboxylic acids is 1. The van der Waals surface area contributed by atoms with Crippen molar-refractivity contribution in [3.05, 3.63) is 48.4 Å². The number of rotatable bonds is 6. The lowest BCUT2D eigenvalue weighted by molar-refractivity contribution is 0.0917. The summed E-state index contributed by atoms with van der Waals surface area (Å²) in [6.45, 7) is 4.00. The number of carbonyl (C=O) groups is 1. The van der Waals surface area contributed by atoms with E-state index < -0.39 is 0 Å². The van der Waals surface area contributed by atoms with Gasteiger partial charge in [-0.05, 0) is 50.3 Å². The van der Waals surface area contributed by atoms with Gasteiger partial charge >= 0.3 is 0 Å². The van der Waals surface area contributed by atoms with Crippen LogP contribution in [0.4, 0.5) is 17.3 Å². The molecule has 2 aliphatic rings. The van der Waals surface area contributed by atoms with Gasteiger partial charge in [-0.25, -0.2) is 9.97 Å². The Labute approximate surface area is 176 Å². The zero-order valence-corrected chi connectivity index (χ0v) is 17.5. The highest BCUT2D eigenvalue weighted by Crippen LogP contribution is 2.29. The van der Waals surface area contributed by atoms with E-state index in [9.17, 15) is 4.79 Å². The number of nitrogens with zero attached hydrogens (tertiary/aromatic N) is 3. The second-order valence-corrected chi connectivity index (χ2v) is 7.52. The second kappa shape index (κ2) is 9.07. The first-order valence-corrected chi connectivity index (χ1v) is 10.8. The molecule has 1 amide bonds. The lowest BCUT2D eigenvalue weighted by Crippen LogP contribution is -2.39. The van der Waals surface area contributed by atoms with Crippen LogP contribution in [0.5, 0.6) is 0 Å². The van der Waals surface area contributed by atoms with E-state index in [1.165, 1.54) is 6.42 Å². The molecule has 2 aliphatic carbocycles. The van der Waals surface area contributed by atoms with Gasteiger partial charge in [0.1, 0.15) is 11.6 Å². The van der Waals surface area contributed by atoms with Crippen LogP contribution in [0.2, 0.25) is 0 Å². The molecule has 7 nitrogen and oxygen atoms in total. The van der Waals surface area contributed by atoms with E-state index in [0.29, 0.717) is 29.3 Å². The average molecular weight is 405 g/mol. The largest absolute Gasteiger partial charge is 0.382 e. The zero-order chi connectivity index (χ0) is 20.9. The first kappa shape index (κ1) is 20.1. The highest BCUT2D eigenvalue weighted by molar-refractivity contribution is 6.00. The Balaban J connectivity index is 0.00000106. The normalized spacial score (nSPS) is 15.5. The molecule has 156 valence electrons. The monoisotopic (exact) mass is 404 g/mol. The van der Waals surface area contributed by atoms with Gasteiger partial charge in [-0.15, -0.1) is 0 Å². The number of amides is 1. The highest BCUT2D eigenvalue weighted by atomic mass is 16.1. The van der Waals surface area contributed by atoms with Gasteiger partial charge in [0, 0.05) is 42.1 Å². The van der Waals surface area contributed by atoms with E-state index in [0.717, 1.165) is 42.3 Å². The summed E-state index contributed by atoms with van der Waals surface area (Å²) >= 11 is 0. The van der Waals surface area contributed by atoms with Crippen molar-refractivity contribution in [1.82, 2.24) is 20.3 Å². The maximum Gasteiger partial charge on any atom is 0.255 e. The standard InChI is InChI=1S/C21H22N6O.C2H6/c28-21(25-14-2-1-3-14)16-12-23-20(10-18(16)24-15-5-6-15)27-19-7-4-13-11-22-9-8-17(13)26-19;1-2/h4,7-12,14-15H,1-3,5-6H2,(H,25,28)(H2,23,24,26,27);1-2H3. The molecule has 0 aliphatic heterocycles. The summed E-state index contributed by atoms with van der Waals surface area (Å²) < 4.78 is 0. The summed E-state index contributed by atoms with van der Waals surface area (Å²) in [7, 11) is 0. The van der Waals surface area contributed by atoms with Gasteiger partial charge in [-0.1, -0.05) is 13.8 Å². The number of nitrogens with one attached hydrogen (secondary N) is 3. The third-order valence-electron chi connectivity index (χ3n) is 5.27. The predicted octanol–water partition coefficient (Wildman–Crippen LogP) is 4.65. The fraction of sp³-hybridized carbons (Fsp3) is 0.391. The van der Waals surface area contributed by atoms with E-state index in [1.807, 2.05) is 38.1 Å². The van der Waals surface area contributed by atoms with Crippen LogP contribution in [0.1, 0.15) is 56.3 Å². The topological polar surface area (TPSA) is 91.8 Å². The summed E-state index contributed by atoms with van der Waals surface area (Å²) in [6.07, 6.45) is 10.7. The van der Waals surface area contributed by atoms with Crippen molar-refractivity contribution in [1.29, 1.82) is 0 Å². The van der Waals surface area contributed by atoms with Crippen molar-refractivity contribution in [3.8, 4) is 0 Å². The number of aromatic nitrogens is 3. The molecule has 30 heavy (non-hydrogen) atoms. The summed E-state index contributed by atoms with van der Waals surface area (Å²) in [5, 5.41) is 10.8. The SMILES string of the molecule is CC.O=C(NC1CCC1)c1cnc(Nc2ccc3cnccc3n2)cc1NC1CC1. The molecule has 3 aromatic rings. The number of hydrogen-bond donors (Lipinski definition) is 3. The smallest absolute Gasteiger partial charge is 0.255 e. The maximum atomic E-state index is 12.7. The summed E-state index contributed by atoms with van der Waals surface area (Å²) in [6, 6.07) is 8.39. The molecular weight excluding hydrogens is 376 g/mol. The quantitative estimate of drug-likeness (QED) is 0.554. The molecule has 2 fully saturated rings. The molecule has 0 atom stereocenters. The van der Waals surface area contributed by atoms with E-state index in [-0.39, 0.29) is 5.91 Å². The van der Waals surface area contributed by atoms with Crippen molar-refractivity contribution in [2.24, 2.45) is 0 Å². The predicted molar refractivity (Wildman–Crippen MR) is 120 cm³/mol. The Hall–Kier alpha value is -3.22. The molecule has 0 aromatic carbocycles. The number of anilines is 3. The molecule has 0 bridgehead atoms. The van der Waals surface area contributed by atoms with Gasteiger partial charge in [-0.2, -0.15) is 0 Å². The van der Waals surface area contributed by atoms with Gasteiger partial charge < -0.3 is 16.0 Å². The van der Waals surface area contributed by atoms with Crippen LogP contribution in [0.25, 0.3) is 10.9 Å². The third-order valence-corrected chi connectivity index (χ3v) is 5.27. The number of pyridine rings is 3. The van der Waals surface area contributed by atoms with Crippen molar-refractivity contribution in [3.63, 3.8) is 0 Å². The van der Waals surface area contributed by atoms with E-state index in [1.54, 1.807) is 18.6 Å². The fourth-order valence-corrected chi connectivity index (χ4v) is 3.25. The van der Waals surface area contributed by atoms with Crippen LogP contribution in [0, 0.1) is 0 Å². The third kappa shape index (κ3) is 4.67. The zero-order valence-electron chi connectivity index (χ0n) is 17.5. The molecule has 0 saturated heterocycles. The van der Waals surface area contributed by atoms with Crippen LogP contribution in [0.15, 0.2) is 42.9 Å². The molecule has 3 N–H and O–H groups in total. The molecule has 3 aromatic heterocycles. The summed E-state index contributed by atoms with van der Waals surface area (Å²) in [5.74, 6) is 1.31. The first-order valence-electron chi connectivity index (χ1n) is 10.8. The fourth-order valence-electron chi connectivity index (χ4n) is 3.25. The molecule has 0 radical (unpaired) electrons. The summed E-state index contributed by atoms with van der Waals surface area (Å²) in [4.78, 5) is 25.8. The Kier molecular flexibility index (Phi) is 6.07. The van der Waals surface area contributed by atoms with Crippen LogP contribution in [0.3, 0.4) is 0 Å². The molecule has 0 spiro atoms. The minimum atomic E-state index is -0.0526. The van der Waals surface area contributed by atoms with Gasteiger partial charge in [-0.3, -0.25) is 9.78 Å². The van der Waals surface area contributed by atoms with Crippen molar-refractivity contribution in [2.75, 3.05) is 10.6 Å². The van der Waals surface area contributed by atoms with Crippen molar-refractivity contribution in [2.45, 2.75) is 58.0 Å². The highest BCUT2D eigenvalue weighted by Gasteiger charge is 2.26. The first-order chi connectivity index (χ1) is 14.7. The molecule has 2 saturated carbocycles. The van der Waals surface area contributed by atoms with Gasteiger partial charge in [0.25, 0.3) is 5.91 Å². The molecule has 5 rings (SSSR count). The molecule has 3 heterocycles. The minimum absolute atomic E-state index is 0.0526. The van der Waals surface area contributed by atoms with Crippen LogP contribution in [-0.2, 0) is 0 Å². The van der Waals surface area contributed by atoms with Crippen LogP contribution in [-0.4, -0.2) is 32.9 Å². The van der Waals surface area contributed by atoms with Crippen LogP contribution < -0.4 is 16.0 Å². The van der Waals surface area contributed by atoms with E-state index >= 15 is 0 Å². The van der Waals surface area contributed by atoms with E-state index in [2.05, 4.69) is 30.9 Å². The van der Waals surface area contributed by atoms with Gasteiger partial charge in [0.05, 0.1) is 16.8 Å². The van der Waals surface area contributed by atoms with Crippen molar-refractivity contribution < 1.29 is 4.79 Å². The minimum Gasteiger partial charge on any atom is -0.382 e. The summed E-state index contributed by atoms with van der Waals surface area (Å²) in [5.41, 5.74) is 2.29. The molecule has 0 unspecified atom stereocenters. The lowest BCUT2D eigenvalue weighted by atomic mass is 9.93. The number of hydrogen-bond acceptors (Lipinski definition) is 6. The second-order valence-electron chi connectivity index (χ2n) is 7.52. The number of fused-ring (bicyclic) bond motifs is 1. The van der Waals surface area contributed by atoms with Crippen molar-refractivity contribution >= 4 is 34.1 Å². The van der Waals surface area contributed by atoms with Crippen LogP contribution >= 0.6 is 0 Å². The average Bonchev–Trinajstić information content (AvgIpc) is 3.56. The Morgan fingerprint density at radius 1 is 1.00 bits per heavy atom. The van der Waals surface area contributed by atoms with Gasteiger partial charge in [0.15, 0.2) is 0 Å². The van der Waals surface area contributed by atoms with E-state index in [4.69, 9.17) is 0 Å². The Morgan fingerprint density at radius 2 is 1.83 bits per heavy atom. The van der Waals surface area contributed by atoms with Gasteiger partial charge in [0.2, 0.25) is 0 Å². The lowest BCUT2D eigenvalue weighted by Gasteiger charge is -2.26. The maximum absolute atomic E-state index is 12.7. The molecular formula is C23H28N6O.